The average Bonchev–Trinajstić information content (AvgIpc) is 2.43. The third-order valence-electron chi connectivity index (χ3n) is 2.78. The van der Waals surface area contributed by atoms with Crippen LogP contribution in [-0.4, -0.2) is 10.0 Å². The van der Waals surface area contributed by atoms with Crippen LogP contribution in [0.15, 0.2) is 46.2 Å². The topological polar surface area (TPSA) is 63.4 Å². The first kappa shape index (κ1) is 16.1. The van der Waals surface area contributed by atoms with E-state index in [1.807, 2.05) is 0 Å². The zero-order valence-corrected chi connectivity index (χ0v) is 13.2. The van der Waals surface area contributed by atoms with E-state index in [4.69, 9.17) is 23.2 Å². The number of aliphatic hydroxyl groups excluding tert-OH is 1. The molecule has 2 aromatic rings. The van der Waals surface area contributed by atoms with Crippen molar-refractivity contribution in [3.63, 3.8) is 0 Å². The highest BCUT2D eigenvalue weighted by atomic mass is 35.5. The molecular formula is C14H11Cl2NO3S. The Hall–Kier alpha value is -1.27. The maximum Gasteiger partial charge on any atom is 0.283 e. The van der Waals surface area contributed by atoms with E-state index >= 15 is 0 Å². The third-order valence-corrected chi connectivity index (χ3v) is 4.57. The van der Waals surface area contributed by atoms with Crippen LogP contribution >= 0.6 is 35.0 Å². The van der Waals surface area contributed by atoms with Gasteiger partial charge in [0.15, 0.2) is 0 Å². The molecule has 0 bridgehead atoms. The van der Waals surface area contributed by atoms with Gasteiger partial charge in [0.1, 0.15) is 0 Å². The number of benzene rings is 2. The summed E-state index contributed by atoms with van der Waals surface area (Å²) in [6.07, 6.45) is -0.757. The average molecular weight is 344 g/mol. The highest BCUT2D eigenvalue weighted by Crippen LogP contribution is 2.38. The van der Waals surface area contributed by atoms with Gasteiger partial charge in [-0.25, -0.2) is 0 Å². The molecule has 0 spiro atoms. The lowest BCUT2D eigenvalue weighted by Gasteiger charge is -2.08. The fourth-order valence-corrected chi connectivity index (χ4v) is 2.99. The molecule has 0 aliphatic rings. The second-order valence-electron chi connectivity index (χ2n) is 4.34. The maximum atomic E-state index is 11.2. The number of rotatable bonds is 4. The van der Waals surface area contributed by atoms with Gasteiger partial charge >= 0.3 is 0 Å². The van der Waals surface area contributed by atoms with E-state index < -0.39 is 11.0 Å². The van der Waals surface area contributed by atoms with Crippen LogP contribution in [0.25, 0.3) is 0 Å². The van der Waals surface area contributed by atoms with Crippen molar-refractivity contribution < 1.29 is 10.0 Å². The van der Waals surface area contributed by atoms with Gasteiger partial charge in [0.05, 0.1) is 26.0 Å². The molecule has 0 radical (unpaired) electrons. The molecule has 2 rings (SSSR count). The Morgan fingerprint density at radius 2 is 1.90 bits per heavy atom. The SMILES string of the molecule is CC(O)c1ccc(Sc2ccc(Cl)c(Cl)c2)c([N+](=O)[O-])c1. The number of hydrogen-bond acceptors (Lipinski definition) is 4. The molecule has 0 aliphatic carbocycles. The van der Waals surface area contributed by atoms with Crippen LogP contribution in [0.5, 0.6) is 0 Å². The van der Waals surface area contributed by atoms with Crippen molar-refractivity contribution in [2.24, 2.45) is 0 Å². The molecule has 7 heteroatoms. The number of hydrogen-bond donors (Lipinski definition) is 1. The fraction of sp³-hybridized carbons (Fsp3) is 0.143. The monoisotopic (exact) mass is 343 g/mol. The van der Waals surface area contributed by atoms with Gasteiger partial charge in [-0.3, -0.25) is 10.1 Å². The van der Waals surface area contributed by atoms with Crippen LogP contribution in [0.1, 0.15) is 18.6 Å². The van der Waals surface area contributed by atoms with E-state index in [0.717, 1.165) is 4.90 Å². The summed E-state index contributed by atoms with van der Waals surface area (Å²) in [7, 11) is 0. The Morgan fingerprint density at radius 1 is 1.19 bits per heavy atom. The van der Waals surface area contributed by atoms with Gasteiger partial charge < -0.3 is 5.11 Å². The van der Waals surface area contributed by atoms with Gasteiger partial charge in [-0.05, 0) is 36.8 Å². The highest BCUT2D eigenvalue weighted by molar-refractivity contribution is 7.99. The first-order chi connectivity index (χ1) is 9.88. The van der Waals surface area contributed by atoms with Crippen molar-refractivity contribution in [3.8, 4) is 0 Å². The first-order valence-electron chi connectivity index (χ1n) is 5.98. The highest BCUT2D eigenvalue weighted by Gasteiger charge is 2.17. The summed E-state index contributed by atoms with van der Waals surface area (Å²) >= 11 is 13.0. The summed E-state index contributed by atoms with van der Waals surface area (Å²) in [5, 5.41) is 21.5. The number of halogens is 2. The first-order valence-corrected chi connectivity index (χ1v) is 7.55. The quantitative estimate of drug-likeness (QED) is 0.619. The van der Waals surface area contributed by atoms with Crippen LogP contribution in [0.3, 0.4) is 0 Å². The molecule has 0 heterocycles. The molecule has 110 valence electrons. The molecule has 1 atom stereocenters. The number of aliphatic hydroxyl groups is 1. The molecule has 0 saturated carbocycles. The van der Waals surface area contributed by atoms with E-state index in [-0.39, 0.29) is 5.69 Å². The fourth-order valence-electron chi connectivity index (χ4n) is 1.69. The summed E-state index contributed by atoms with van der Waals surface area (Å²) < 4.78 is 0. The van der Waals surface area contributed by atoms with Gasteiger partial charge in [-0.15, -0.1) is 0 Å². The molecule has 21 heavy (non-hydrogen) atoms. The Bertz CT molecular complexity index is 692. The standard InChI is InChI=1S/C14H11Cl2NO3S/c1-8(18)9-2-5-14(13(6-9)17(19)20)21-10-3-4-11(15)12(16)7-10/h2-8,18H,1H3. The minimum atomic E-state index is -0.757. The molecule has 0 saturated heterocycles. The molecule has 0 amide bonds. The largest absolute Gasteiger partial charge is 0.389 e. The van der Waals surface area contributed by atoms with E-state index in [1.165, 1.54) is 17.8 Å². The molecule has 1 unspecified atom stereocenters. The number of nitro groups is 1. The summed E-state index contributed by atoms with van der Waals surface area (Å²) in [5.74, 6) is 0. The minimum absolute atomic E-state index is 0.0514. The zero-order valence-electron chi connectivity index (χ0n) is 10.9. The van der Waals surface area contributed by atoms with E-state index in [9.17, 15) is 15.2 Å². The Labute approximate surface area is 135 Å². The minimum Gasteiger partial charge on any atom is -0.389 e. The van der Waals surface area contributed by atoms with Crippen LogP contribution < -0.4 is 0 Å². The Balaban J connectivity index is 2.39. The van der Waals surface area contributed by atoms with E-state index in [0.29, 0.717) is 20.5 Å². The summed E-state index contributed by atoms with van der Waals surface area (Å²) in [6.45, 7) is 1.56. The van der Waals surface area contributed by atoms with E-state index in [1.54, 1.807) is 37.3 Å². The zero-order chi connectivity index (χ0) is 15.6. The van der Waals surface area contributed by atoms with Crippen molar-refractivity contribution >= 4 is 40.7 Å². The van der Waals surface area contributed by atoms with Gasteiger partial charge in [0, 0.05) is 11.0 Å². The van der Waals surface area contributed by atoms with Gasteiger partial charge in [-0.1, -0.05) is 41.0 Å². The van der Waals surface area contributed by atoms with Gasteiger partial charge in [0.2, 0.25) is 0 Å². The normalized spacial score (nSPS) is 12.2. The number of nitro benzene ring substituents is 1. The summed E-state index contributed by atoms with van der Waals surface area (Å²) in [6, 6.07) is 9.70. The Kier molecular flexibility index (Phi) is 5.11. The predicted molar refractivity (Wildman–Crippen MR) is 84.3 cm³/mol. The molecule has 0 fully saturated rings. The van der Waals surface area contributed by atoms with Crippen LogP contribution in [0, 0.1) is 10.1 Å². The lowest BCUT2D eigenvalue weighted by molar-refractivity contribution is -0.387. The molecular weight excluding hydrogens is 333 g/mol. The lowest BCUT2D eigenvalue weighted by Crippen LogP contribution is -1.96. The maximum absolute atomic E-state index is 11.2. The summed E-state index contributed by atoms with van der Waals surface area (Å²) in [4.78, 5) is 11.9. The smallest absolute Gasteiger partial charge is 0.283 e. The second kappa shape index (κ2) is 6.66. The van der Waals surface area contributed by atoms with E-state index in [2.05, 4.69) is 0 Å². The molecule has 2 aromatic carbocycles. The van der Waals surface area contributed by atoms with Crippen LogP contribution in [0.4, 0.5) is 5.69 Å². The third kappa shape index (κ3) is 3.89. The Morgan fingerprint density at radius 3 is 2.48 bits per heavy atom. The molecule has 0 aliphatic heterocycles. The van der Waals surface area contributed by atoms with Gasteiger partial charge in [-0.2, -0.15) is 0 Å². The number of nitrogens with zero attached hydrogens (tertiary/aromatic N) is 1. The lowest BCUT2D eigenvalue weighted by atomic mass is 10.1. The predicted octanol–water partition coefficient (Wildman–Crippen LogP) is 5.11. The van der Waals surface area contributed by atoms with Crippen molar-refractivity contribution in [3.05, 3.63) is 62.1 Å². The summed E-state index contributed by atoms with van der Waals surface area (Å²) in [5.41, 5.74) is 0.449. The molecule has 4 nitrogen and oxygen atoms in total. The van der Waals surface area contributed by atoms with Crippen LogP contribution in [0.2, 0.25) is 10.0 Å². The second-order valence-corrected chi connectivity index (χ2v) is 6.27. The van der Waals surface area contributed by atoms with Gasteiger partial charge in [0.25, 0.3) is 5.69 Å². The van der Waals surface area contributed by atoms with Crippen molar-refractivity contribution in [2.75, 3.05) is 0 Å². The van der Waals surface area contributed by atoms with Crippen molar-refractivity contribution in [1.82, 2.24) is 0 Å². The molecule has 1 N–H and O–H groups in total. The molecule has 0 aromatic heterocycles. The van der Waals surface area contributed by atoms with Crippen molar-refractivity contribution in [1.29, 1.82) is 0 Å². The van der Waals surface area contributed by atoms with Crippen molar-refractivity contribution in [2.45, 2.75) is 22.8 Å². The van der Waals surface area contributed by atoms with Crippen LogP contribution in [-0.2, 0) is 0 Å².